The smallest absolute Gasteiger partial charge is 0.430 e. The summed E-state index contributed by atoms with van der Waals surface area (Å²) >= 11 is 0. The Hall–Kier alpha value is -4.12. The zero-order valence-corrected chi connectivity index (χ0v) is 27.9. The first-order chi connectivity index (χ1) is 24.2. The minimum atomic E-state index is -6.23. The summed E-state index contributed by atoms with van der Waals surface area (Å²) in [5.74, 6) is -6.09. The number of carbonyl (C=O) groups excluding carboxylic acids is 1. The van der Waals surface area contributed by atoms with Crippen LogP contribution in [-0.4, -0.2) is 55.7 Å². The van der Waals surface area contributed by atoms with Crippen LogP contribution < -0.4 is 0 Å². The van der Waals surface area contributed by atoms with Crippen molar-refractivity contribution in [1.82, 2.24) is 4.90 Å². The van der Waals surface area contributed by atoms with E-state index in [1.807, 2.05) is 0 Å². The Labute approximate surface area is 292 Å². The van der Waals surface area contributed by atoms with Crippen molar-refractivity contribution in [3.05, 3.63) is 101 Å². The normalized spacial score (nSPS) is 20.1. The molecule has 1 saturated heterocycles. The molecule has 2 aliphatic rings. The zero-order chi connectivity index (χ0) is 38.3. The molecule has 1 heterocycles. The van der Waals surface area contributed by atoms with Crippen LogP contribution in [0.25, 0.3) is 0 Å². The van der Waals surface area contributed by atoms with Crippen LogP contribution in [0, 0.1) is 29.3 Å². The average Bonchev–Trinajstić information content (AvgIpc) is 3.08. The number of carbonyl (C=O) groups is 2. The van der Waals surface area contributed by atoms with Gasteiger partial charge < -0.3 is 14.7 Å². The number of carboxylic acids is 1. The predicted molar refractivity (Wildman–Crippen MR) is 166 cm³/mol. The molecule has 0 spiro atoms. The molecular formula is C35H32F9NO6S. The van der Waals surface area contributed by atoms with E-state index in [9.17, 15) is 62.6 Å². The number of piperidine rings is 1. The van der Waals surface area contributed by atoms with Gasteiger partial charge in [-0.15, -0.1) is 0 Å². The molecule has 1 aliphatic heterocycles. The number of alkyl halides is 6. The number of likely N-dealkylation sites (tertiary alicyclic amines) is 1. The lowest BCUT2D eigenvalue weighted by Gasteiger charge is -2.43. The van der Waals surface area contributed by atoms with E-state index < -0.39 is 85.5 Å². The first-order valence-corrected chi connectivity index (χ1v) is 17.6. The van der Waals surface area contributed by atoms with Crippen LogP contribution in [-0.2, 0) is 41.1 Å². The third-order valence-electron chi connectivity index (χ3n) is 10.1. The molecule has 2 fully saturated rings. The highest BCUT2D eigenvalue weighted by Gasteiger charge is 2.73. The summed E-state index contributed by atoms with van der Waals surface area (Å²) in [5, 5.41) is 9.28. The molecule has 1 aliphatic carbocycles. The second-order valence-electron chi connectivity index (χ2n) is 12.9. The Balaban J connectivity index is 1.52. The number of amides is 1. The van der Waals surface area contributed by atoms with Crippen molar-refractivity contribution in [2.75, 3.05) is 13.1 Å². The molecule has 1 N–H and O–H groups in total. The van der Waals surface area contributed by atoms with Crippen LogP contribution in [0.3, 0.4) is 0 Å². The number of hydrogen-bond donors (Lipinski definition) is 1. The van der Waals surface area contributed by atoms with Crippen LogP contribution in [0.1, 0.15) is 55.2 Å². The summed E-state index contributed by atoms with van der Waals surface area (Å²) in [6.07, 6.45) is -12.1. The van der Waals surface area contributed by atoms with Crippen LogP contribution in [0.5, 0.6) is 0 Å². The maximum absolute atomic E-state index is 14.5. The molecule has 17 heteroatoms. The van der Waals surface area contributed by atoms with E-state index in [4.69, 9.17) is 0 Å². The van der Waals surface area contributed by atoms with Crippen molar-refractivity contribution in [3.8, 4) is 0 Å². The van der Waals surface area contributed by atoms with E-state index in [-0.39, 0.29) is 55.1 Å². The summed E-state index contributed by atoms with van der Waals surface area (Å²) in [5.41, 5.74) is -8.07. The summed E-state index contributed by atoms with van der Waals surface area (Å²) in [7, 11) is -4.57. The van der Waals surface area contributed by atoms with E-state index in [1.54, 1.807) is 0 Å². The van der Waals surface area contributed by atoms with E-state index in [0.717, 1.165) is 42.5 Å². The minimum Gasteiger partial charge on any atom is -0.481 e. The number of benzene rings is 3. The van der Waals surface area contributed by atoms with Gasteiger partial charge in [0.1, 0.15) is 22.2 Å². The third-order valence-corrected chi connectivity index (χ3v) is 12.6. The van der Waals surface area contributed by atoms with Gasteiger partial charge >= 0.3 is 18.3 Å². The van der Waals surface area contributed by atoms with Gasteiger partial charge in [-0.25, -0.2) is 21.6 Å². The summed E-state index contributed by atoms with van der Waals surface area (Å²) in [6, 6.07) is 8.08. The molecule has 282 valence electrons. The number of aliphatic carboxylic acids is 1. The highest BCUT2D eigenvalue weighted by atomic mass is 32.2. The fourth-order valence-electron chi connectivity index (χ4n) is 7.08. The Morgan fingerprint density at radius 2 is 1.27 bits per heavy atom. The maximum atomic E-state index is 14.5. The Morgan fingerprint density at radius 1 is 0.769 bits per heavy atom. The molecular weight excluding hydrogens is 733 g/mol. The molecule has 0 aromatic heterocycles. The zero-order valence-electron chi connectivity index (χ0n) is 27.1. The molecule has 0 bridgehead atoms. The Kier molecular flexibility index (Phi) is 10.8. The van der Waals surface area contributed by atoms with Crippen molar-refractivity contribution in [3.63, 3.8) is 0 Å². The van der Waals surface area contributed by atoms with Crippen LogP contribution >= 0.6 is 0 Å². The van der Waals surface area contributed by atoms with Gasteiger partial charge in [-0.05, 0) is 80.5 Å². The van der Waals surface area contributed by atoms with Gasteiger partial charge in [0, 0.05) is 30.1 Å². The molecule has 5 rings (SSSR count). The van der Waals surface area contributed by atoms with Gasteiger partial charge in [-0.2, -0.15) is 26.3 Å². The highest BCUT2D eigenvalue weighted by molar-refractivity contribution is 7.92. The molecule has 1 saturated carbocycles. The quantitative estimate of drug-likeness (QED) is 0.176. The summed E-state index contributed by atoms with van der Waals surface area (Å²) in [4.78, 5) is 25.7. The molecule has 0 radical (unpaired) electrons. The van der Waals surface area contributed by atoms with Gasteiger partial charge in [-0.1, -0.05) is 30.3 Å². The maximum Gasteiger partial charge on any atom is 0.430 e. The van der Waals surface area contributed by atoms with Crippen molar-refractivity contribution in [2.45, 2.75) is 72.7 Å². The third kappa shape index (κ3) is 7.00. The number of sulfone groups is 1. The first-order valence-electron chi connectivity index (χ1n) is 16.1. The molecule has 52 heavy (non-hydrogen) atoms. The fraction of sp³-hybridized carbons (Fsp3) is 0.429. The minimum absolute atomic E-state index is 0.188. The lowest BCUT2D eigenvalue weighted by molar-refractivity contribution is -0.392. The Bertz CT molecular complexity index is 1850. The highest BCUT2D eigenvalue weighted by Crippen LogP contribution is 2.54. The second-order valence-corrected chi connectivity index (χ2v) is 15.2. The van der Waals surface area contributed by atoms with Crippen LogP contribution in [0.4, 0.5) is 39.5 Å². The van der Waals surface area contributed by atoms with E-state index >= 15 is 0 Å². The van der Waals surface area contributed by atoms with E-state index in [0.29, 0.717) is 37.1 Å². The average molecular weight is 766 g/mol. The molecule has 1 amide bonds. The van der Waals surface area contributed by atoms with Crippen molar-refractivity contribution in [1.29, 1.82) is 0 Å². The van der Waals surface area contributed by atoms with Gasteiger partial charge in [0.2, 0.25) is 5.91 Å². The van der Waals surface area contributed by atoms with Crippen LogP contribution in [0.2, 0.25) is 0 Å². The molecule has 3 aromatic rings. The molecule has 7 nitrogen and oxygen atoms in total. The summed E-state index contributed by atoms with van der Waals surface area (Å²) < 4.78 is 160. The molecule has 3 aromatic carbocycles. The van der Waals surface area contributed by atoms with Crippen molar-refractivity contribution < 1.29 is 67.4 Å². The second kappa shape index (κ2) is 14.4. The largest absolute Gasteiger partial charge is 0.481 e. The standard InChI is InChI=1S/C35H32F9NO6S/c36-25-12-14-26(15-13-25)52(49,50)32(16-18-45(19-17-32)30(46)21-4-6-22(7-5-21)31(47)48)23-8-10-24(11-9-23)33(34(39,40)41,35(42,43)44)51-20-27-28(37)2-1-3-29(27)38/h1-3,8-15,21-22H,4-7,16-20H2,(H,47,48). The number of hydrogen-bond acceptors (Lipinski definition) is 5. The SMILES string of the molecule is O=C(O)C1CCC(C(=O)N2CCC(c3ccc(C(OCc4c(F)cccc4F)(C(F)(F)F)C(F)(F)F)cc3)(S(=O)(=O)c3ccc(F)cc3)CC2)CC1. The lowest BCUT2D eigenvalue weighted by atomic mass is 9.80. The molecule has 0 unspecified atom stereocenters. The van der Waals surface area contributed by atoms with Gasteiger partial charge in [0.05, 0.1) is 17.4 Å². The van der Waals surface area contributed by atoms with E-state index in [1.165, 1.54) is 4.90 Å². The number of carboxylic acid groups (broad SMARTS) is 1. The number of halogens is 9. The van der Waals surface area contributed by atoms with Gasteiger partial charge in [0.25, 0.3) is 5.60 Å². The van der Waals surface area contributed by atoms with Crippen LogP contribution in [0.15, 0.2) is 71.6 Å². The topological polar surface area (TPSA) is 101 Å². The molecule has 0 atom stereocenters. The van der Waals surface area contributed by atoms with Gasteiger partial charge in [0.15, 0.2) is 9.84 Å². The first kappa shape index (κ1) is 39.1. The fourth-order valence-corrected chi connectivity index (χ4v) is 9.19. The summed E-state index contributed by atoms with van der Waals surface area (Å²) in [6.45, 7) is -2.15. The number of ether oxygens (including phenoxy) is 1. The number of rotatable bonds is 9. The number of nitrogens with zero attached hydrogens (tertiary/aromatic N) is 1. The lowest BCUT2D eigenvalue weighted by Crippen LogP contribution is -2.56. The predicted octanol–water partition coefficient (Wildman–Crippen LogP) is 7.82. The van der Waals surface area contributed by atoms with Crippen molar-refractivity contribution >= 4 is 21.7 Å². The monoisotopic (exact) mass is 765 g/mol. The van der Waals surface area contributed by atoms with E-state index in [2.05, 4.69) is 4.74 Å². The Morgan fingerprint density at radius 3 is 1.75 bits per heavy atom. The van der Waals surface area contributed by atoms with Gasteiger partial charge in [-0.3, -0.25) is 9.59 Å². The van der Waals surface area contributed by atoms with Crippen molar-refractivity contribution in [2.24, 2.45) is 11.8 Å².